The maximum Gasteiger partial charge on any atom is 0.309 e. The van der Waals surface area contributed by atoms with Crippen molar-refractivity contribution in [3.05, 3.63) is 0 Å². The first kappa shape index (κ1) is 23.4. The van der Waals surface area contributed by atoms with Crippen LogP contribution in [0.15, 0.2) is 0 Å². The number of aliphatic hydroxyl groups is 2. The molecule has 0 heterocycles. The lowest BCUT2D eigenvalue weighted by molar-refractivity contribution is -0.147. The van der Waals surface area contributed by atoms with Crippen molar-refractivity contribution in [2.24, 2.45) is 5.92 Å². The SMILES string of the molecule is CCCCCCCCCCCCCCCCC(C(=O)O)C(O)CO. The molecule has 4 nitrogen and oxygen atoms in total. The molecule has 4 heteroatoms. The van der Waals surface area contributed by atoms with Gasteiger partial charge in [-0.2, -0.15) is 0 Å². The largest absolute Gasteiger partial charge is 0.481 e. The molecule has 2 unspecified atom stereocenters. The van der Waals surface area contributed by atoms with Gasteiger partial charge >= 0.3 is 5.97 Å². The van der Waals surface area contributed by atoms with Gasteiger partial charge in [0.1, 0.15) is 0 Å². The third kappa shape index (κ3) is 13.8. The van der Waals surface area contributed by atoms with Crippen molar-refractivity contribution in [1.29, 1.82) is 0 Å². The number of carboxylic acids is 1. The van der Waals surface area contributed by atoms with Crippen LogP contribution in [0.3, 0.4) is 0 Å². The normalized spacial score (nSPS) is 13.8. The van der Waals surface area contributed by atoms with Crippen molar-refractivity contribution >= 4 is 5.97 Å². The molecule has 0 amide bonds. The molecule has 24 heavy (non-hydrogen) atoms. The van der Waals surface area contributed by atoms with Crippen molar-refractivity contribution in [3.63, 3.8) is 0 Å². The Morgan fingerprint density at radius 1 is 0.750 bits per heavy atom. The maximum atomic E-state index is 11.0. The van der Waals surface area contributed by atoms with Crippen LogP contribution in [0, 0.1) is 5.92 Å². The Hall–Kier alpha value is -0.610. The van der Waals surface area contributed by atoms with Crippen LogP contribution < -0.4 is 0 Å². The number of hydrogen-bond acceptors (Lipinski definition) is 3. The summed E-state index contributed by atoms with van der Waals surface area (Å²) < 4.78 is 0. The van der Waals surface area contributed by atoms with Gasteiger partial charge < -0.3 is 15.3 Å². The van der Waals surface area contributed by atoms with Gasteiger partial charge in [0.2, 0.25) is 0 Å². The van der Waals surface area contributed by atoms with Crippen LogP contribution >= 0.6 is 0 Å². The molecule has 3 N–H and O–H groups in total. The van der Waals surface area contributed by atoms with Crippen LogP contribution in [-0.4, -0.2) is 34.0 Å². The van der Waals surface area contributed by atoms with Gasteiger partial charge in [0.05, 0.1) is 18.6 Å². The first-order chi connectivity index (χ1) is 11.6. The van der Waals surface area contributed by atoms with E-state index < -0.39 is 24.6 Å². The minimum Gasteiger partial charge on any atom is -0.481 e. The van der Waals surface area contributed by atoms with Gasteiger partial charge in [0, 0.05) is 0 Å². The van der Waals surface area contributed by atoms with Crippen LogP contribution in [0.4, 0.5) is 0 Å². The molecule has 144 valence electrons. The van der Waals surface area contributed by atoms with Crippen molar-refractivity contribution in [1.82, 2.24) is 0 Å². The van der Waals surface area contributed by atoms with Crippen LogP contribution in [0.1, 0.15) is 103 Å². The second-order valence-corrected chi connectivity index (χ2v) is 7.08. The smallest absolute Gasteiger partial charge is 0.309 e. The van der Waals surface area contributed by atoms with E-state index >= 15 is 0 Å². The Bertz CT molecular complexity index is 281. The van der Waals surface area contributed by atoms with Gasteiger partial charge in [0.25, 0.3) is 0 Å². The summed E-state index contributed by atoms with van der Waals surface area (Å²) in [5.41, 5.74) is 0. The van der Waals surface area contributed by atoms with Gasteiger partial charge in [-0.1, -0.05) is 96.8 Å². The lowest BCUT2D eigenvalue weighted by atomic mass is 9.95. The molecule has 0 aliphatic carbocycles. The third-order valence-electron chi connectivity index (χ3n) is 4.84. The lowest BCUT2D eigenvalue weighted by Gasteiger charge is -2.16. The van der Waals surface area contributed by atoms with Crippen LogP contribution in [0.5, 0.6) is 0 Å². The molecule has 2 atom stereocenters. The van der Waals surface area contributed by atoms with Crippen LogP contribution in [0.2, 0.25) is 0 Å². The maximum absolute atomic E-state index is 11.0. The topological polar surface area (TPSA) is 77.8 Å². The van der Waals surface area contributed by atoms with E-state index in [1.807, 2.05) is 0 Å². The van der Waals surface area contributed by atoms with E-state index in [9.17, 15) is 9.90 Å². The number of rotatable bonds is 18. The summed E-state index contributed by atoms with van der Waals surface area (Å²) in [5.74, 6) is -1.83. The third-order valence-corrected chi connectivity index (χ3v) is 4.84. The van der Waals surface area contributed by atoms with Crippen molar-refractivity contribution in [3.8, 4) is 0 Å². The highest BCUT2D eigenvalue weighted by atomic mass is 16.4. The fraction of sp³-hybridized carbons (Fsp3) is 0.950. The summed E-state index contributed by atoms with van der Waals surface area (Å²) in [4.78, 5) is 11.0. The summed E-state index contributed by atoms with van der Waals surface area (Å²) in [7, 11) is 0. The summed E-state index contributed by atoms with van der Waals surface area (Å²) in [6.45, 7) is 1.78. The molecule has 0 fully saturated rings. The summed E-state index contributed by atoms with van der Waals surface area (Å²) in [5, 5.41) is 27.3. The van der Waals surface area contributed by atoms with Crippen LogP contribution in [-0.2, 0) is 4.79 Å². The Morgan fingerprint density at radius 3 is 1.46 bits per heavy atom. The monoisotopic (exact) mass is 344 g/mol. The highest BCUT2D eigenvalue weighted by Gasteiger charge is 2.24. The van der Waals surface area contributed by atoms with E-state index in [1.165, 1.54) is 70.6 Å². The van der Waals surface area contributed by atoms with Crippen molar-refractivity contribution < 1.29 is 20.1 Å². The second kappa shape index (κ2) is 17.2. The van der Waals surface area contributed by atoms with Gasteiger partial charge in [-0.25, -0.2) is 0 Å². The molecule has 0 rings (SSSR count). The van der Waals surface area contributed by atoms with Gasteiger partial charge in [-0.15, -0.1) is 0 Å². The number of carbonyl (C=O) groups is 1. The number of hydrogen-bond donors (Lipinski definition) is 3. The van der Waals surface area contributed by atoms with E-state index in [0.29, 0.717) is 6.42 Å². The highest BCUT2D eigenvalue weighted by Crippen LogP contribution is 2.17. The summed E-state index contributed by atoms with van der Waals surface area (Å²) >= 11 is 0. The van der Waals surface area contributed by atoms with Crippen LogP contribution in [0.25, 0.3) is 0 Å². The zero-order valence-electron chi connectivity index (χ0n) is 15.7. The first-order valence-electron chi connectivity index (χ1n) is 10.1. The predicted octanol–water partition coefficient (Wildman–Crippen LogP) is 4.91. The molecule has 0 aliphatic rings. The van der Waals surface area contributed by atoms with Crippen molar-refractivity contribution in [2.45, 2.75) is 109 Å². The molecule has 0 saturated carbocycles. The zero-order chi connectivity index (χ0) is 18.0. The number of aliphatic carboxylic acids is 1. The Labute approximate surface area is 148 Å². The average Bonchev–Trinajstić information content (AvgIpc) is 2.57. The van der Waals surface area contributed by atoms with Gasteiger partial charge in [-0.3, -0.25) is 4.79 Å². The molecule has 0 aromatic rings. The molecule has 0 aromatic carbocycles. The standard InChI is InChI=1S/C20H40O4/c1-2-3-4-5-6-7-8-9-10-11-12-13-14-15-16-18(20(23)24)19(22)17-21/h18-19,21-22H,2-17H2,1H3,(H,23,24). The molecule has 0 aromatic heterocycles. The summed E-state index contributed by atoms with van der Waals surface area (Å²) in [6, 6.07) is 0. The molecule has 0 radical (unpaired) electrons. The fourth-order valence-electron chi connectivity index (χ4n) is 3.17. The fourth-order valence-corrected chi connectivity index (χ4v) is 3.17. The number of unbranched alkanes of at least 4 members (excludes halogenated alkanes) is 13. The van der Waals surface area contributed by atoms with Gasteiger partial charge in [0.15, 0.2) is 0 Å². The van der Waals surface area contributed by atoms with E-state index in [1.54, 1.807) is 0 Å². The average molecular weight is 345 g/mol. The van der Waals surface area contributed by atoms with Gasteiger partial charge in [-0.05, 0) is 6.42 Å². The van der Waals surface area contributed by atoms with E-state index in [4.69, 9.17) is 10.2 Å². The molecule has 0 bridgehead atoms. The molecular formula is C20H40O4. The zero-order valence-corrected chi connectivity index (χ0v) is 15.7. The quantitative estimate of drug-likeness (QED) is 0.309. The highest BCUT2D eigenvalue weighted by molar-refractivity contribution is 5.70. The van der Waals surface area contributed by atoms with E-state index in [-0.39, 0.29) is 0 Å². The minimum atomic E-state index is -1.13. The first-order valence-corrected chi connectivity index (χ1v) is 10.1. The summed E-state index contributed by atoms with van der Waals surface area (Å²) in [6.07, 6.45) is 17.1. The van der Waals surface area contributed by atoms with E-state index in [0.717, 1.165) is 19.3 Å². The second-order valence-electron chi connectivity index (χ2n) is 7.08. The van der Waals surface area contributed by atoms with Crippen molar-refractivity contribution in [2.75, 3.05) is 6.61 Å². The molecule has 0 spiro atoms. The predicted molar refractivity (Wildman–Crippen MR) is 99.1 cm³/mol. The number of aliphatic hydroxyl groups excluding tert-OH is 2. The minimum absolute atomic E-state index is 0.453. The Balaban J connectivity index is 3.31. The number of carboxylic acid groups (broad SMARTS) is 1. The Morgan fingerprint density at radius 2 is 1.12 bits per heavy atom. The molecular weight excluding hydrogens is 304 g/mol. The lowest BCUT2D eigenvalue weighted by Crippen LogP contribution is -2.30. The molecule has 0 aliphatic heterocycles. The molecule has 0 saturated heterocycles. The van der Waals surface area contributed by atoms with E-state index in [2.05, 4.69) is 6.92 Å². The Kier molecular flexibility index (Phi) is 16.8.